The van der Waals surface area contributed by atoms with Crippen LogP contribution in [0, 0.1) is 0 Å². The highest BCUT2D eigenvalue weighted by Gasteiger charge is 2.54. The van der Waals surface area contributed by atoms with Crippen molar-refractivity contribution >= 4 is 12.1 Å². The average molecular weight is 423 g/mol. The summed E-state index contributed by atoms with van der Waals surface area (Å²) in [6, 6.07) is 19.0. The third kappa shape index (κ3) is 5.52. The van der Waals surface area contributed by atoms with Gasteiger partial charge in [0.25, 0.3) is 0 Å². The molecule has 3 rings (SSSR count). The lowest BCUT2D eigenvalue weighted by Crippen LogP contribution is -2.53. The molecule has 0 saturated carbocycles. The van der Waals surface area contributed by atoms with Crippen molar-refractivity contribution in [3.05, 3.63) is 83.9 Å². The van der Waals surface area contributed by atoms with Crippen molar-refractivity contribution in [2.45, 2.75) is 44.6 Å². The molecule has 0 aliphatic carbocycles. The zero-order chi connectivity index (χ0) is 22.1. The number of rotatable bonds is 8. The molecular weight excluding hydrogens is 392 g/mol. The van der Waals surface area contributed by atoms with Crippen LogP contribution in [0.15, 0.2) is 72.8 Å². The molecule has 1 fully saturated rings. The Labute approximate surface area is 183 Å². The minimum atomic E-state index is -1.11. The van der Waals surface area contributed by atoms with Crippen molar-refractivity contribution in [3.63, 3.8) is 0 Å². The molecule has 1 N–H and O–H groups in total. The van der Waals surface area contributed by atoms with Gasteiger partial charge in [-0.1, -0.05) is 72.8 Å². The smallest absolute Gasteiger partial charge is 0.411 e. The van der Waals surface area contributed by atoms with E-state index < -0.39 is 17.6 Å². The van der Waals surface area contributed by atoms with E-state index in [0.29, 0.717) is 19.4 Å². The molecule has 1 unspecified atom stereocenters. The molecule has 2 atom stereocenters. The summed E-state index contributed by atoms with van der Waals surface area (Å²) in [5.74, 6) is -0.413. The highest BCUT2D eigenvalue weighted by molar-refractivity contribution is 5.87. The summed E-state index contributed by atoms with van der Waals surface area (Å²) >= 11 is 0. The number of ether oxygens (including phenoxy) is 2. The Kier molecular flexibility index (Phi) is 7.84. The normalized spacial score (nSPS) is 20.7. The summed E-state index contributed by atoms with van der Waals surface area (Å²) in [5, 5.41) is 3.20. The number of likely N-dealkylation sites (tertiary alicyclic amines) is 1. The van der Waals surface area contributed by atoms with Crippen molar-refractivity contribution < 1.29 is 19.1 Å². The van der Waals surface area contributed by atoms with Gasteiger partial charge in [0, 0.05) is 12.6 Å². The van der Waals surface area contributed by atoms with Gasteiger partial charge in [-0.2, -0.15) is 0 Å². The zero-order valence-electron chi connectivity index (χ0n) is 18.1. The Morgan fingerprint density at radius 1 is 1.03 bits per heavy atom. The van der Waals surface area contributed by atoms with Crippen molar-refractivity contribution in [2.24, 2.45) is 0 Å². The van der Waals surface area contributed by atoms with Crippen LogP contribution < -0.4 is 5.32 Å². The predicted molar refractivity (Wildman–Crippen MR) is 119 cm³/mol. The molecule has 31 heavy (non-hydrogen) atoms. The average Bonchev–Trinajstić information content (AvgIpc) is 3.21. The molecule has 1 amide bonds. The molecule has 2 aromatic rings. The molecule has 6 nitrogen and oxygen atoms in total. The van der Waals surface area contributed by atoms with Gasteiger partial charge in [0.15, 0.2) is 0 Å². The molecule has 0 bridgehead atoms. The topological polar surface area (TPSA) is 67.9 Å². The number of amides is 1. The first-order valence-electron chi connectivity index (χ1n) is 10.6. The van der Waals surface area contributed by atoms with E-state index in [0.717, 1.165) is 11.1 Å². The number of carbonyl (C=O) groups excluding carboxylic acids is 2. The number of likely N-dealkylation sites (N-methyl/N-ethyl adjacent to an activating group) is 1. The second kappa shape index (κ2) is 10.8. The maximum absolute atomic E-state index is 13.4. The predicted octanol–water partition coefficient (Wildman–Crippen LogP) is 4.07. The number of hydrogen-bond donors (Lipinski definition) is 1. The Morgan fingerprint density at radius 3 is 2.16 bits per heavy atom. The van der Waals surface area contributed by atoms with Crippen LogP contribution in [0.3, 0.4) is 0 Å². The Morgan fingerprint density at radius 2 is 1.61 bits per heavy atom. The maximum atomic E-state index is 13.4. The van der Waals surface area contributed by atoms with Gasteiger partial charge in [-0.25, -0.2) is 9.59 Å². The fourth-order valence-corrected chi connectivity index (χ4v) is 3.86. The van der Waals surface area contributed by atoms with Gasteiger partial charge in [0.05, 0.1) is 0 Å². The lowest BCUT2D eigenvalue weighted by Gasteiger charge is -2.34. The van der Waals surface area contributed by atoms with Crippen molar-refractivity contribution in [1.29, 1.82) is 0 Å². The summed E-state index contributed by atoms with van der Waals surface area (Å²) in [5.41, 5.74) is 0.687. The Hall–Kier alpha value is -3.12. The van der Waals surface area contributed by atoms with E-state index >= 15 is 0 Å². The lowest BCUT2D eigenvalue weighted by atomic mass is 9.90. The van der Waals surface area contributed by atoms with Crippen molar-refractivity contribution in [2.75, 3.05) is 13.6 Å². The summed E-state index contributed by atoms with van der Waals surface area (Å²) < 4.78 is 11.3. The number of nitrogens with zero attached hydrogens (tertiary/aromatic N) is 1. The summed E-state index contributed by atoms with van der Waals surface area (Å²) in [6.45, 7) is 2.58. The molecule has 164 valence electrons. The number of esters is 1. The number of allylic oxidation sites excluding steroid dienone is 1. The molecule has 1 saturated heterocycles. The van der Waals surface area contributed by atoms with Crippen LogP contribution in [0.5, 0.6) is 0 Å². The van der Waals surface area contributed by atoms with E-state index in [1.165, 1.54) is 4.90 Å². The maximum Gasteiger partial charge on any atom is 0.411 e. The van der Waals surface area contributed by atoms with Gasteiger partial charge in [-0.3, -0.25) is 4.90 Å². The molecule has 2 aromatic carbocycles. The van der Waals surface area contributed by atoms with Gasteiger partial charge in [0.1, 0.15) is 18.8 Å². The first-order chi connectivity index (χ1) is 15.1. The molecule has 1 aliphatic rings. The van der Waals surface area contributed by atoms with Crippen molar-refractivity contribution in [1.82, 2.24) is 10.2 Å². The van der Waals surface area contributed by atoms with E-state index in [4.69, 9.17) is 9.47 Å². The van der Waals surface area contributed by atoms with Crippen molar-refractivity contribution in [3.8, 4) is 0 Å². The minimum Gasteiger partial charge on any atom is -0.459 e. The van der Waals surface area contributed by atoms with Crippen LogP contribution in [-0.4, -0.2) is 42.1 Å². The summed E-state index contributed by atoms with van der Waals surface area (Å²) in [4.78, 5) is 28.0. The summed E-state index contributed by atoms with van der Waals surface area (Å²) in [7, 11) is 1.83. The first kappa shape index (κ1) is 22.6. The van der Waals surface area contributed by atoms with E-state index in [2.05, 4.69) is 5.32 Å². The highest BCUT2D eigenvalue weighted by atomic mass is 16.6. The van der Waals surface area contributed by atoms with Gasteiger partial charge in [0.2, 0.25) is 0 Å². The van der Waals surface area contributed by atoms with Gasteiger partial charge in [-0.05, 0) is 37.9 Å². The number of benzene rings is 2. The molecule has 1 heterocycles. The fraction of sp³-hybridized carbons (Fsp3) is 0.360. The minimum absolute atomic E-state index is 0.0289. The monoisotopic (exact) mass is 422 g/mol. The number of carbonyl (C=O) groups is 2. The third-order valence-corrected chi connectivity index (χ3v) is 5.62. The number of hydrogen-bond acceptors (Lipinski definition) is 5. The molecule has 0 radical (unpaired) electrons. The molecule has 6 heteroatoms. The third-order valence-electron chi connectivity index (χ3n) is 5.62. The van der Waals surface area contributed by atoms with Gasteiger partial charge >= 0.3 is 12.1 Å². The number of nitrogens with one attached hydrogen (secondary N) is 1. The lowest BCUT2D eigenvalue weighted by molar-refractivity contribution is -0.157. The molecule has 0 aromatic heterocycles. The molecule has 0 spiro atoms. The SMILES string of the molecule is CC=CCC1(C(=O)OCc2ccccc2)C[C@@H](NC)CN1C(=O)OCc1ccccc1. The second-order valence-electron chi connectivity index (χ2n) is 7.71. The Bertz CT molecular complexity index is 885. The largest absolute Gasteiger partial charge is 0.459 e. The van der Waals surface area contributed by atoms with E-state index in [1.54, 1.807) is 0 Å². The Balaban J connectivity index is 1.79. The molecular formula is C25H30N2O4. The molecule has 1 aliphatic heterocycles. The van der Waals surface area contributed by atoms with E-state index in [-0.39, 0.29) is 19.3 Å². The van der Waals surface area contributed by atoms with Crippen LogP contribution in [0.2, 0.25) is 0 Å². The quantitative estimate of drug-likeness (QED) is 0.513. The van der Waals surface area contributed by atoms with Crippen LogP contribution in [0.25, 0.3) is 0 Å². The van der Waals surface area contributed by atoms with Crippen LogP contribution in [-0.2, 0) is 27.5 Å². The zero-order valence-corrected chi connectivity index (χ0v) is 18.1. The van der Waals surface area contributed by atoms with Crippen LogP contribution in [0.1, 0.15) is 30.9 Å². The highest BCUT2D eigenvalue weighted by Crippen LogP contribution is 2.35. The van der Waals surface area contributed by atoms with Gasteiger partial charge < -0.3 is 14.8 Å². The van der Waals surface area contributed by atoms with Crippen LogP contribution >= 0.6 is 0 Å². The van der Waals surface area contributed by atoms with Crippen LogP contribution in [0.4, 0.5) is 4.79 Å². The summed E-state index contributed by atoms with van der Waals surface area (Å²) in [6.07, 6.45) is 4.10. The fourth-order valence-electron chi connectivity index (χ4n) is 3.86. The second-order valence-corrected chi connectivity index (χ2v) is 7.71. The standard InChI is InChI=1S/C25H30N2O4/c1-3-4-15-25(23(28)30-18-20-11-7-5-8-12-20)16-22(26-2)17-27(25)24(29)31-19-21-13-9-6-10-14-21/h3-14,22,26H,15-19H2,1-2H3/t22-,25?/m1/s1. The first-order valence-corrected chi connectivity index (χ1v) is 10.6. The van der Waals surface area contributed by atoms with E-state index in [1.807, 2.05) is 86.8 Å². The van der Waals surface area contributed by atoms with E-state index in [9.17, 15) is 9.59 Å². The van der Waals surface area contributed by atoms with Gasteiger partial charge in [-0.15, -0.1) is 0 Å².